The molecule has 2 rings (SSSR count). The van der Waals surface area contributed by atoms with Crippen LogP contribution in [-0.4, -0.2) is 15.5 Å². The maximum absolute atomic E-state index is 12.5. The Balaban J connectivity index is 2.37. The summed E-state index contributed by atoms with van der Waals surface area (Å²) in [5.74, 6) is 0. The first-order valence-corrected chi connectivity index (χ1v) is 8.20. The van der Waals surface area contributed by atoms with Gasteiger partial charge in [-0.15, -0.1) is 0 Å². The summed E-state index contributed by atoms with van der Waals surface area (Å²) in [4.78, 5) is 0.251. The third kappa shape index (κ3) is 3.36. The summed E-state index contributed by atoms with van der Waals surface area (Å²) < 4.78 is 27.6. The van der Waals surface area contributed by atoms with E-state index in [0.29, 0.717) is 5.69 Å². The average Bonchev–Trinajstić information content (AvgIpc) is 2.43. The van der Waals surface area contributed by atoms with E-state index in [4.69, 9.17) is 0 Å². The van der Waals surface area contributed by atoms with Gasteiger partial charge in [-0.05, 0) is 56.2 Å². The van der Waals surface area contributed by atoms with Crippen molar-refractivity contribution in [2.75, 3.05) is 17.1 Å². The van der Waals surface area contributed by atoms with Crippen LogP contribution in [0.3, 0.4) is 0 Å². The molecule has 2 N–H and O–H groups in total. The number of hydrogen-bond acceptors (Lipinski definition) is 3. The standard InChI is InChI=1S/C16H20N2O2S/c1-11-9-12(2)16(13(3)10-11)18-21(19,20)15-7-5-14(17-4)6-8-15/h5-10,17-18H,1-4H3. The van der Waals surface area contributed by atoms with E-state index in [1.165, 1.54) is 0 Å². The number of benzene rings is 2. The Bertz CT molecular complexity index is 727. The molecule has 21 heavy (non-hydrogen) atoms. The van der Waals surface area contributed by atoms with Crippen LogP contribution in [0.2, 0.25) is 0 Å². The van der Waals surface area contributed by atoms with E-state index in [2.05, 4.69) is 10.0 Å². The lowest BCUT2D eigenvalue weighted by atomic mass is 10.1. The fourth-order valence-corrected chi connectivity index (χ4v) is 3.54. The number of hydrogen-bond donors (Lipinski definition) is 2. The van der Waals surface area contributed by atoms with Crippen molar-refractivity contribution < 1.29 is 8.42 Å². The number of nitrogens with one attached hydrogen (secondary N) is 2. The second kappa shape index (κ2) is 5.77. The highest BCUT2D eigenvalue weighted by molar-refractivity contribution is 7.92. The molecule has 0 aliphatic rings. The minimum atomic E-state index is -3.57. The van der Waals surface area contributed by atoms with E-state index in [1.807, 2.05) is 32.9 Å². The largest absolute Gasteiger partial charge is 0.388 e. The first kappa shape index (κ1) is 15.4. The first-order valence-electron chi connectivity index (χ1n) is 6.72. The Kier molecular flexibility index (Phi) is 4.23. The molecule has 0 radical (unpaired) electrons. The number of anilines is 2. The summed E-state index contributed by atoms with van der Waals surface area (Å²) in [6.07, 6.45) is 0. The molecule has 112 valence electrons. The van der Waals surface area contributed by atoms with Gasteiger partial charge in [0.25, 0.3) is 10.0 Å². The molecular formula is C16H20N2O2S. The van der Waals surface area contributed by atoms with Gasteiger partial charge in [0, 0.05) is 12.7 Å². The van der Waals surface area contributed by atoms with Crippen LogP contribution >= 0.6 is 0 Å². The second-order valence-electron chi connectivity index (χ2n) is 5.15. The molecular weight excluding hydrogens is 284 g/mol. The lowest BCUT2D eigenvalue weighted by Crippen LogP contribution is -2.14. The fraction of sp³-hybridized carbons (Fsp3) is 0.250. The van der Waals surface area contributed by atoms with E-state index >= 15 is 0 Å². The van der Waals surface area contributed by atoms with Gasteiger partial charge in [0.15, 0.2) is 0 Å². The summed E-state index contributed by atoms with van der Waals surface area (Å²) in [5.41, 5.74) is 4.48. The lowest BCUT2D eigenvalue weighted by molar-refractivity contribution is 0.601. The topological polar surface area (TPSA) is 58.2 Å². The maximum atomic E-state index is 12.5. The van der Waals surface area contributed by atoms with Crippen LogP contribution < -0.4 is 10.0 Å². The molecule has 4 nitrogen and oxygen atoms in total. The second-order valence-corrected chi connectivity index (χ2v) is 6.84. The first-order chi connectivity index (χ1) is 9.83. The molecule has 0 aliphatic heterocycles. The van der Waals surface area contributed by atoms with Crippen LogP contribution in [0, 0.1) is 20.8 Å². The molecule has 2 aromatic carbocycles. The normalized spacial score (nSPS) is 11.2. The summed E-state index contributed by atoms with van der Waals surface area (Å²) in [7, 11) is -1.78. The van der Waals surface area contributed by atoms with Gasteiger partial charge in [0.2, 0.25) is 0 Å². The Labute approximate surface area is 126 Å². The predicted octanol–water partition coefficient (Wildman–Crippen LogP) is 3.45. The minimum absolute atomic E-state index is 0.251. The van der Waals surface area contributed by atoms with Crippen molar-refractivity contribution in [1.82, 2.24) is 0 Å². The van der Waals surface area contributed by atoms with Gasteiger partial charge in [-0.25, -0.2) is 8.42 Å². The van der Waals surface area contributed by atoms with E-state index < -0.39 is 10.0 Å². The maximum Gasteiger partial charge on any atom is 0.261 e. The Hall–Kier alpha value is -2.01. The zero-order valence-corrected chi connectivity index (χ0v) is 13.5. The van der Waals surface area contributed by atoms with Crippen molar-refractivity contribution in [3.05, 3.63) is 53.1 Å². The van der Waals surface area contributed by atoms with Gasteiger partial charge in [-0.1, -0.05) is 17.7 Å². The molecule has 0 unspecified atom stereocenters. The molecule has 5 heteroatoms. The Morgan fingerprint density at radius 2 is 1.43 bits per heavy atom. The molecule has 0 saturated heterocycles. The van der Waals surface area contributed by atoms with E-state index in [9.17, 15) is 8.42 Å². The zero-order chi connectivity index (χ0) is 15.6. The van der Waals surface area contributed by atoms with Gasteiger partial charge >= 0.3 is 0 Å². The molecule has 0 bridgehead atoms. The minimum Gasteiger partial charge on any atom is -0.388 e. The highest BCUT2D eigenvalue weighted by atomic mass is 32.2. The number of aryl methyl sites for hydroxylation is 3. The van der Waals surface area contributed by atoms with Crippen LogP contribution in [0.25, 0.3) is 0 Å². The van der Waals surface area contributed by atoms with E-state index in [-0.39, 0.29) is 4.90 Å². The van der Waals surface area contributed by atoms with Crippen molar-refractivity contribution in [1.29, 1.82) is 0 Å². The highest BCUT2D eigenvalue weighted by Gasteiger charge is 2.16. The average molecular weight is 304 g/mol. The van der Waals surface area contributed by atoms with Gasteiger partial charge in [0.05, 0.1) is 10.6 Å². The molecule has 0 heterocycles. The summed E-state index contributed by atoms with van der Waals surface area (Å²) in [5, 5.41) is 2.96. The summed E-state index contributed by atoms with van der Waals surface area (Å²) >= 11 is 0. The lowest BCUT2D eigenvalue weighted by Gasteiger charge is -2.14. The van der Waals surface area contributed by atoms with Gasteiger partial charge < -0.3 is 5.32 Å². The molecule has 0 saturated carbocycles. The SMILES string of the molecule is CNc1ccc(S(=O)(=O)Nc2c(C)cc(C)cc2C)cc1. The van der Waals surface area contributed by atoms with Crippen LogP contribution in [0.5, 0.6) is 0 Å². The van der Waals surface area contributed by atoms with Crippen LogP contribution in [-0.2, 0) is 10.0 Å². The predicted molar refractivity (Wildman–Crippen MR) is 87.5 cm³/mol. The van der Waals surface area contributed by atoms with Crippen LogP contribution in [0.1, 0.15) is 16.7 Å². The van der Waals surface area contributed by atoms with Crippen LogP contribution in [0.4, 0.5) is 11.4 Å². The molecule has 0 aromatic heterocycles. The molecule has 0 amide bonds. The van der Waals surface area contributed by atoms with Crippen molar-refractivity contribution in [3.63, 3.8) is 0 Å². The zero-order valence-electron chi connectivity index (χ0n) is 12.7. The highest BCUT2D eigenvalue weighted by Crippen LogP contribution is 2.25. The third-order valence-corrected chi connectivity index (χ3v) is 4.73. The van der Waals surface area contributed by atoms with Crippen molar-refractivity contribution >= 4 is 21.4 Å². The van der Waals surface area contributed by atoms with Gasteiger partial charge in [-0.2, -0.15) is 0 Å². The summed E-state index contributed by atoms with van der Waals surface area (Å²) in [6, 6.07) is 10.6. The van der Waals surface area contributed by atoms with Gasteiger partial charge in [-0.3, -0.25) is 4.72 Å². The van der Waals surface area contributed by atoms with Gasteiger partial charge in [0.1, 0.15) is 0 Å². The number of rotatable bonds is 4. The summed E-state index contributed by atoms with van der Waals surface area (Å²) in [6.45, 7) is 5.80. The van der Waals surface area contributed by atoms with Crippen molar-refractivity contribution in [2.24, 2.45) is 0 Å². The molecule has 0 aliphatic carbocycles. The Morgan fingerprint density at radius 3 is 1.90 bits per heavy atom. The smallest absolute Gasteiger partial charge is 0.261 e. The van der Waals surface area contributed by atoms with E-state index in [0.717, 1.165) is 22.4 Å². The molecule has 0 fully saturated rings. The third-order valence-electron chi connectivity index (χ3n) is 3.37. The quantitative estimate of drug-likeness (QED) is 0.909. The Morgan fingerprint density at radius 1 is 0.905 bits per heavy atom. The molecule has 0 atom stereocenters. The molecule has 2 aromatic rings. The van der Waals surface area contributed by atoms with E-state index in [1.54, 1.807) is 31.3 Å². The number of sulfonamides is 1. The van der Waals surface area contributed by atoms with Crippen LogP contribution in [0.15, 0.2) is 41.3 Å². The monoisotopic (exact) mass is 304 g/mol. The fourth-order valence-electron chi connectivity index (χ4n) is 2.34. The molecule has 0 spiro atoms. The van der Waals surface area contributed by atoms with Crippen molar-refractivity contribution in [3.8, 4) is 0 Å². The van der Waals surface area contributed by atoms with Crippen molar-refractivity contribution in [2.45, 2.75) is 25.7 Å².